The zero-order valence-corrected chi connectivity index (χ0v) is 12.7. The predicted octanol–water partition coefficient (Wildman–Crippen LogP) is 3.12. The molecule has 1 aromatic carbocycles. The van der Waals surface area contributed by atoms with Crippen LogP contribution in [0.5, 0.6) is 0 Å². The number of amides is 2. The third-order valence-electron chi connectivity index (χ3n) is 2.96. The zero-order valence-electron chi connectivity index (χ0n) is 11.9. The number of ether oxygens (including phenoxy) is 1. The second-order valence-electron chi connectivity index (χ2n) is 5.82. The summed E-state index contributed by atoms with van der Waals surface area (Å²) < 4.78 is 5.22. The molecule has 0 fully saturated rings. The van der Waals surface area contributed by atoms with Crippen LogP contribution < -0.4 is 5.73 Å². The van der Waals surface area contributed by atoms with E-state index >= 15 is 0 Å². The average molecular weight is 297 g/mol. The Kier molecular flexibility index (Phi) is 3.42. The maximum absolute atomic E-state index is 12.3. The number of carbonyl (C=O) groups excluding carboxylic acids is 2. The van der Waals surface area contributed by atoms with Gasteiger partial charge >= 0.3 is 6.09 Å². The van der Waals surface area contributed by atoms with Crippen LogP contribution >= 0.6 is 11.6 Å². The first-order chi connectivity index (χ1) is 9.11. The molecule has 0 spiro atoms. The highest BCUT2D eigenvalue weighted by Gasteiger charge is 2.38. The molecule has 0 radical (unpaired) electrons. The summed E-state index contributed by atoms with van der Waals surface area (Å²) in [6, 6.07) is 1.64. The minimum absolute atomic E-state index is 0.0911. The van der Waals surface area contributed by atoms with Crippen LogP contribution in [0, 0.1) is 6.92 Å². The Bertz CT molecular complexity index is 605. The van der Waals surface area contributed by atoms with E-state index in [1.54, 1.807) is 33.8 Å². The number of hydrogen-bond donors (Lipinski definition) is 1. The molecule has 5 nitrogen and oxygen atoms in total. The fourth-order valence-electron chi connectivity index (χ4n) is 2.12. The molecule has 0 saturated carbocycles. The number of fused-ring (bicyclic) bond motifs is 1. The summed E-state index contributed by atoms with van der Waals surface area (Å²) in [5.41, 5.74) is 7.19. The van der Waals surface area contributed by atoms with Crippen molar-refractivity contribution in [3.05, 3.63) is 27.8 Å². The molecule has 2 rings (SSSR count). The number of imide groups is 1. The monoisotopic (exact) mass is 296 g/mol. The minimum atomic E-state index is -0.688. The molecular formula is C14H17ClN2O3. The van der Waals surface area contributed by atoms with Crippen molar-refractivity contribution < 1.29 is 14.3 Å². The van der Waals surface area contributed by atoms with Crippen LogP contribution in [0.4, 0.5) is 10.5 Å². The van der Waals surface area contributed by atoms with Gasteiger partial charge in [0.25, 0.3) is 5.91 Å². The number of benzene rings is 1. The Morgan fingerprint density at radius 2 is 2.05 bits per heavy atom. The van der Waals surface area contributed by atoms with Crippen molar-refractivity contribution in [3.63, 3.8) is 0 Å². The standard InChI is InChI=1S/C14H17ClN2O3/c1-7-5-9(16)10-8(11(7)15)6-17(12(10)18)13(19)20-14(2,3)4/h5H,6,16H2,1-4H3. The van der Waals surface area contributed by atoms with Crippen LogP contribution in [0.2, 0.25) is 5.02 Å². The van der Waals surface area contributed by atoms with Crippen molar-refractivity contribution in [2.75, 3.05) is 5.73 Å². The van der Waals surface area contributed by atoms with Crippen molar-refractivity contribution in [3.8, 4) is 0 Å². The molecule has 1 aliphatic heterocycles. The second kappa shape index (κ2) is 4.66. The van der Waals surface area contributed by atoms with Crippen molar-refractivity contribution in [2.45, 2.75) is 39.8 Å². The first kappa shape index (κ1) is 14.7. The van der Waals surface area contributed by atoms with Crippen LogP contribution in [0.1, 0.15) is 42.3 Å². The van der Waals surface area contributed by atoms with E-state index in [0.29, 0.717) is 21.8 Å². The fourth-order valence-corrected chi connectivity index (χ4v) is 2.33. The van der Waals surface area contributed by atoms with Gasteiger partial charge in [-0.15, -0.1) is 0 Å². The van der Waals surface area contributed by atoms with Gasteiger partial charge in [0.2, 0.25) is 0 Å². The molecule has 108 valence electrons. The van der Waals surface area contributed by atoms with Crippen LogP contribution in [0.15, 0.2) is 6.07 Å². The highest BCUT2D eigenvalue weighted by atomic mass is 35.5. The van der Waals surface area contributed by atoms with E-state index in [2.05, 4.69) is 0 Å². The van der Waals surface area contributed by atoms with Gasteiger partial charge in [0, 0.05) is 16.3 Å². The van der Waals surface area contributed by atoms with Crippen molar-refractivity contribution in [1.29, 1.82) is 0 Å². The molecule has 20 heavy (non-hydrogen) atoms. The fraction of sp³-hybridized carbons (Fsp3) is 0.429. The molecule has 6 heteroatoms. The molecule has 0 aromatic heterocycles. The van der Waals surface area contributed by atoms with Crippen molar-refractivity contribution in [1.82, 2.24) is 4.90 Å². The minimum Gasteiger partial charge on any atom is -0.443 e. The number of nitrogen functional groups attached to an aromatic ring is 1. The number of anilines is 1. The lowest BCUT2D eigenvalue weighted by Gasteiger charge is -2.23. The Labute approximate surface area is 122 Å². The van der Waals surface area contributed by atoms with Gasteiger partial charge in [-0.25, -0.2) is 9.69 Å². The lowest BCUT2D eigenvalue weighted by molar-refractivity contribution is 0.0248. The summed E-state index contributed by atoms with van der Waals surface area (Å²) in [6.07, 6.45) is -0.688. The van der Waals surface area contributed by atoms with Gasteiger partial charge in [0.1, 0.15) is 5.60 Å². The van der Waals surface area contributed by atoms with Crippen LogP contribution in [-0.2, 0) is 11.3 Å². The maximum Gasteiger partial charge on any atom is 0.417 e. The molecule has 1 heterocycles. The normalized spacial score (nSPS) is 14.4. The molecule has 0 unspecified atom stereocenters. The maximum atomic E-state index is 12.3. The van der Waals surface area contributed by atoms with E-state index in [-0.39, 0.29) is 6.54 Å². The van der Waals surface area contributed by atoms with Gasteiger partial charge < -0.3 is 10.5 Å². The van der Waals surface area contributed by atoms with Gasteiger partial charge in [-0.05, 0) is 39.3 Å². The van der Waals surface area contributed by atoms with E-state index in [4.69, 9.17) is 22.1 Å². The summed E-state index contributed by atoms with van der Waals surface area (Å²) in [5.74, 6) is -0.464. The van der Waals surface area contributed by atoms with Gasteiger partial charge in [-0.2, -0.15) is 0 Å². The van der Waals surface area contributed by atoms with Gasteiger partial charge in [0.15, 0.2) is 0 Å². The summed E-state index contributed by atoms with van der Waals surface area (Å²) in [6.45, 7) is 7.12. The number of rotatable bonds is 0. The molecule has 0 aliphatic carbocycles. The number of nitrogens with two attached hydrogens (primary N) is 1. The Balaban J connectivity index is 2.37. The first-order valence-electron chi connectivity index (χ1n) is 6.24. The number of carbonyl (C=O) groups is 2. The predicted molar refractivity (Wildman–Crippen MR) is 76.7 cm³/mol. The smallest absolute Gasteiger partial charge is 0.417 e. The van der Waals surface area contributed by atoms with Crippen LogP contribution in [0.25, 0.3) is 0 Å². The molecule has 2 amide bonds. The summed E-state index contributed by atoms with van der Waals surface area (Å²) in [5, 5.41) is 0.466. The SMILES string of the molecule is Cc1cc(N)c2c(c1Cl)CN(C(=O)OC(C)(C)C)C2=O. The number of aryl methyl sites for hydroxylation is 1. The highest BCUT2D eigenvalue weighted by Crippen LogP contribution is 2.36. The topological polar surface area (TPSA) is 72.6 Å². The number of halogens is 1. The lowest BCUT2D eigenvalue weighted by Crippen LogP contribution is -2.37. The molecule has 1 aromatic rings. The van der Waals surface area contributed by atoms with Gasteiger partial charge in [-0.3, -0.25) is 4.79 Å². The average Bonchev–Trinajstić information content (AvgIpc) is 2.62. The summed E-state index contributed by atoms with van der Waals surface area (Å²) >= 11 is 6.19. The summed E-state index contributed by atoms with van der Waals surface area (Å²) in [4.78, 5) is 25.4. The molecule has 0 bridgehead atoms. The van der Waals surface area contributed by atoms with E-state index in [1.165, 1.54) is 0 Å². The third-order valence-corrected chi connectivity index (χ3v) is 3.49. The Hall–Kier alpha value is -1.75. The van der Waals surface area contributed by atoms with E-state index in [1.807, 2.05) is 0 Å². The number of hydrogen-bond acceptors (Lipinski definition) is 4. The van der Waals surface area contributed by atoms with Crippen LogP contribution in [0.3, 0.4) is 0 Å². The summed E-state index contributed by atoms with van der Waals surface area (Å²) in [7, 11) is 0. The Morgan fingerprint density at radius 3 is 2.60 bits per heavy atom. The molecular weight excluding hydrogens is 280 g/mol. The van der Waals surface area contributed by atoms with E-state index in [0.717, 1.165) is 10.5 Å². The molecule has 0 saturated heterocycles. The van der Waals surface area contributed by atoms with Gasteiger partial charge in [0.05, 0.1) is 12.1 Å². The zero-order chi connectivity index (χ0) is 15.2. The number of nitrogens with zero attached hydrogens (tertiary/aromatic N) is 1. The largest absolute Gasteiger partial charge is 0.443 e. The first-order valence-corrected chi connectivity index (χ1v) is 6.62. The van der Waals surface area contributed by atoms with E-state index < -0.39 is 17.6 Å². The lowest BCUT2D eigenvalue weighted by atomic mass is 10.0. The third kappa shape index (κ3) is 2.45. The van der Waals surface area contributed by atoms with E-state index in [9.17, 15) is 9.59 Å². The molecule has 1 aliphatic rings. The molecule has 0 atom stereocenters. The second-order valence-corrected chi connectivity index (χ2v) is 6.20. The highest BCUT2D eigenvalue weighted by molar-refractivity contribution is 6.33. The van der Waals surface area contributed by atoms with Gasteiger partial charge in [-0.1, -0.05) is 11.6 Å². The molecule has 2 N–H and O–H groups in total. The quantitative estimate of drug-likeness (QED) is 0.747. The Morgan fingerprint density at radius 1 is 1.45 bits per heavy atom. The van der Waals surface area contributed by atoms with Crippen molar-refractivity contribution >= 4 is 29.3 Å². The van der Waals surface area contributed by atoms with Crippen molar-refractivity contribution in [2.24, 2.45) is 0 Å². The van der Waals surface area contributed by atoms with Crippen LogP contribution in [-0.4, -0.2) is 22.5 Å².